The number of amides is 1. The highest BCUT2D eigenvalue weighted by Crippen LogP contribution is 2.21. The van der Waals surface area contributed by atoms with Crippen molar-refractivity contribution in [1.82, 2.24) is 9.21 Å². The van der Waals surface area contributed by atoms with Gasteiger partial charge in [0.25, 0.3) is 0 Å². The minimum Gasteiger partial charge on any atom is -0.444 e. The molecule has 0 aliphatic carbocycles. The van der Waals surface area contributed by atoms with Crippen LogP contribution in [0.3, 0.4) is 0 Å². The maximum absolute atomic E-state index is 12.7. The maximum atomic E-state index is 12.7. The third-order valence-electron chi connectivity index (χ3n) is 3.60. The van der Waals surface area contributed by atoms with E-state index in [1.807, 2.05) is 26.8 Å². The molecule has 6 nitrogen and oxygen atoms in total. The Balaban J connectivity index is 2.04. The van der Waals surface area contributed by atoms with Crippen molar-refractivity contribution in [2.45, 2.75) is 38.2 Å². The van der Waals surface area contributed by atoms with Crippen molar-refractivity contribution in [2.24, 2.45) is 0 Å². The highest BCUT2D eigenvalue weighted by molar-refractivity contribution is 7.89. The van der Waals surface area contributed by atoms with Gasteiger partial charge in [0.1, 0.15) is 5.60 Å². The van der Waals surface area contributed by atoms with Crippen molar-refractivity contribution < 1.29 is 17.9 Å². The van der Waals surface area contributed by atoms with Crippen LogP contribution in [0.15, 0.2) is 29.2 Å². The molecule has 0 unspecified atom stereocenters. The van der Waals surface area contributed by atoms with E-state index < -0.39 is 21.7 Å². The van der Waals surface area contributed by atoms with Gasteiger partial charge in [-0.15, -0.1) is 0 Å². The predicted molar refractivity (Wildman–Crippen MR) is 87.7 cm³/mol. The zero-order valence-corrected chi connectivity index (χ0v) is 14.9. The number of hydrogen-bond acceptors (Lipinski definition) is 4. The summed E-state index contributed by atoms with van der Waals surface area (Å²) in [7, 11) is -3.52. The van der Waals surface area contributed by atoms with Crippen LogP contribution in [0.2, 0.25) is 0 Å². The molecule has 23 heavy (non-hydrogen) atoms. The van der Waals surface area contributed by atoms with E-state index in [0.29, 0.717) is 18.0 Å². The fourth-order valence-electron chi connectivity index (χ4n) is 2.42. The summed E-state index contributed by atoms with van der Waals surface area (Å²) >= 11 is 0. The molecule has 0 saturated carbocycles. The van der Waals surface area contributed by atoms with E-state index in [9.17, 15) is 13.2 Å². The first-order valence-electron chi connectivity index (χ1n) is 7.65. The molecule has 1 aromatic rings. The van der Waals surface area contributed by atoms with Gasteiger partial charge in [-0.3, -0.25) is 0 Å². The number of rotatable bonds is 2. The SMILES string of the molecule is Cc1ccccc1S(=O)(=O)N1CCN(C(=O)OC(C)(C)C)CC1. The second kappa shape index (κ2) is 6.49. The molecule has 1 saturated heterocycles. The molecule has 128 valence electrons. The molecule has 0 spiro atoms. The van der Waals surface area contributed by atoms with Crippen molar-refractivity contribution in [2.75, 3.05) is 26.2 Å². The molecule has 1 aromatic carbocycles. The van der Waals surface area contributed by atoms with Crippen LogP contribution in [0.1, 0.15) is 26.3 Å². The van der Waals surface area contributed by atoms with Gasteiger partial charge in [-0.25, -0.2) is 13.2 Å². The third kappa shape index (κ3) is 4.23. The molecule has 1 aliphatic heterocycles. The largest absolute Gasteiger partial charge is 0.444 e. The Bertz CT molecular complexity index is 672. The summed E-state index contributed by atoms with van der Waals surface area (Å²) in [6.07, 6.45) is -0.398. The molecule has 2 rings (SSSR count). The van der Waals surface area contributed by atoms with E-state index >= 15 is 0 Å². The summed E-state index contributed by atoms with van der Waals surface area (Å²) in [6.45, 7) is 8.42. The molecule has 0 bridgehead atoms. The molecule has 1 fully saturated rings. The van der Waals surface area contributed by atoms with E-state index in [1.165, 1.54) is 4.31 Å². The van der Waals surface area contributed by atoms with Crippen molar-refractivity contribution in [1.29, 1.82) is 0 Å². The monoisotopic (exact) mass is 340 g/mol. The average Bonchev–Trinajstić information content (AvgIpc) is 2.46. The fourth-order valence-corrected chi connectivity index (χ4v) is 4.07. The van der Waals surface area contributed by atoms with Gasteiger partial charge in [0.15, 0.2) is 0 Å². The van der Waals surface area contributed by atoms with E-state index in [2.05, 4.69) is 0 Å². The molecule has 1 amide bonds. The van der Waals surface area contributed by atoms with E-state index in [-0.39, 0.29) is 13.1 Å². The van der Waals surface area contributed by atoms with Crippen molar-refractivity contribution >= 4 is 16.1 Å². The normalized spacial score (nSPS) is 17.1. The van der Waals surface area contributed by atoms with Crippen LogP contribution in [-0.4, -0.2) is 55.5 Å². The second-order valence-corrected chi connectivity index (χ2v) is 8.54. The number of hydrogen-bond donors (Lipinski definition) is 0. The fraction of sp³-hybridized carbons (Fsp3) is 0.562. The number of sulfonamides is 1. The lowest BCUT2D eigenvalue weighted by atomic mass is 10.2. The van der Waals surface area contributed by atoms with Gasteiger partial charge in [0.05, 0.1) is 4.90 Å². The molecule has 0 radical (unpaired) electrons. The Morgan fingerprint density at radius 3 is 2.17 bits per heavy atom. The van der Waals surface area contributed by atoms with Gasteiger partial charge in [0, 0.05) is 26.2 Å². The van der Waals surface area contributed by atoms with E-state index in [1.54, 1.807) is 30.0 Å². The van der Waals surface area contributed by atoms with Gasteiger partial charge in [0.2, 0.25) is 10.0 Å². The Labute approximate surface area is 138 Å². The molecule has 7 heteroatoms. The van der Waals surface area contributed by atoms with Crippen molar-refractivity contribution in [3.63, 3.8) is 0 Å². The van der Waals surface area contributed by atoms with Crippen LogP contribution < -0.4 is 0 Å². The Kier molecular flexibility index (Phi) is 5.01. The molecule has 0 atom stereocenters. The van der Waals surface area contributed by atoms with Crippen LogP contribution in [0.5, 0.6) is 0 Å². The Hall–Kier alpha value is -1.60. The second-order valence-electron chi connectivity index (χ2n) is 6.64. The van der Waals surface area contributed by atoms with Gasteiger partial charge in [-0.1, -0.05) is 18.2 Å². The number of carbonyl (C=O) groups excluding carboxylic acids is 1. The minimum absolute atomic E-state index is 0.274. The lowest BCUT2D eigenvalue weighted by Gasteiger charge is -2.35. The highest BCUT2D eigenvalue weighted by atomic mass is 32.2. The summed E-state index contributed by atoms with van der Waals surface area (Å²) in [6, 6.07) is 6.93. The minimum atomic E-state index is -3.52. The molecule has 0 N–H and O–H groups in total. The summed E-state index contributed by atoms with van der Waals surface area (Å²) in [4.78, 5) is 13.9. The Morgan fingerprint density at radius 2 is 1.65 bits per heavy atom. The number of nitrogens with zero attached hydrogens (tertiary/aromatic N) is 2. The topological polar surface area (TPSA) is 66.9 Å². The third-order valence-corrected chi connectivity index (χ3v) is 5.66. The molecule has 0 aromatic heterocycles. The van der Waals surface area contributed by atoms with Crippen LogP contribution in [0, 0.1) is 6.92 Å². The Morgan fingerprint density at radius 1 is 1.09 bits per heavy atom. The summed E-state index contributed by atoms with van der Waals surface area (Å²) in [5.74, 6) is 0. The maximum Gasteiger partial charge on any atom is 0.410 e. The lowest BCUT2D eigenvalue weighted by molar-refractivity contribution is 0.0192. The molecular formula is C16H24N2O4S. The number of ether oxygens (including phenoxy) is 1. The first-order chi connectivity index (χ1) is 10.6. The lowest BCUT2D eigenvalue weighted by Crippen LogP contribution is -2.51. The first-order valence-corrected chi connectivity index (χ1v) is 9.09. The zero-order chi connectivity index (χ0) is 17.3. The molecule has 1 heterocycles. The average molecular weight is 340 g/mol. The standard InChI is InChI=1S/C16H24N2O4S/c1-13-7-5-6-8-14(13)23(20,21)18-11-9-17(10-12-18)15(19)22-16(2,3)4/h5-8H,9-12H2,1-4H3. The quantitative estimate of drug-likeness (QED) is 0.828. The number of carbonyl (C=O) groups is 1. The molecule has 1 aliphatic rings. The smallest absolute Gasteiger partial charge is 0.410 e. The summed E-state index contributed by atoms with van der Waals surface area (Å²) in [5.41, 5.74) is 0.170. The highest BCUT2D eigenvalue weighted by Gasteiger charge is 2.32. The van der Waals surface area contributed by atoms with Crippen molar-refractivity contribution in [3.8, 4) is 0 Å². The van der Waals surface area contributed by atoms with Crippen molar-refractivity contribution in [3.05, 3.63) is 29.8 Å². The summed E-state index contributed by atoms with van der Waals surface area (Å²) < 4.78 is 32.2. The van der Waals surface area contributed by atoms with E-state index in [4.69, 9.17) is 4.74 Å². The molecular weight excluding hydrogens is 316 g/mol. The number of benzene rings is 1. The predicted octanol–water partition coefficient (Wildman–Crippen LogP) is 2.24. The van der Waals surface area contributed by atoms with Gasteiger partial charge >= 0.3 is 6.09 Å². The van der Waals surface area contributed by atoms with Gasteiger partial charge in [-0.2, -0.15) is 4.31 Å². The van der Waals surface area contributed by atoms with E-state index in [0.717, 1.165) is 5.56 Å². The zero-order valence-electron chi connectivity index (χ0n) is 14.1. The van der Waals surface area contributed by atoms with Crippen LogP contribution in [0.4, 0.5) is 4.79 Å². The van der Waals surface area contributed by atoms with Crippen LogP contribution >= 0.6 is 0 Å². The summed E-state index contributed by atoms with van der Waals surface area (Å²) in [5, 5.41) is 0. The first kappa shape index (κ1) is 17.7. The van der Waals surface area contributed by atoms with Crippen LogP contribution in [0.25, 0.3) is 0 Å². The number of piperazine rings is 1. The van der Waals surface area contributed by atoms with Gasteiger partial charge in [-0.05, 0) is 39.3 Å². The van der Waals surface area contributed by atoms with Crippen LogP contribution in [-0.2, 0) is 14.8 Å². The van der Waals surface area contributed by atoms with Gasteiger partial charge < -0.3 is 9.64 Å². The number of aryl methyl sites for hydroxylation is 1.